The van der Waals surface area contributed by atoms with Crippen molar-refractivity contribution in [1.82, 2.24) is 14.7 Å². The van der Waals surface area contributed by atoms with Gasteiger partial charge >= 0.3 is 0 Å². The predicted molar refractivity (Wildman–Crippen MR) is 158 cm³/mol. The van der Waals surface area contributed by atoms with Crippen molar-refractivity contribution in [2.75, 3.05) is 39.3 Å². The SMILES string of the molecule is CCC(O)=CC(=O)N1CCC(O)CC1.CCC(O)=CC(=O)N1CCC(O)CC1.CCC(O)=CC(=O)N1CCC(O)CC1.[Fe]. The van der Waals surface area contributed by atoms with Crippen LogP contribution in [-0.2, 0) is 31.5 Å². The summed E-state index contributed by atoms with van der Waals surface area (Å²) in [5.41, 5.74) is 0. The van der Waals surface area contributed by atoms with Crippen molar-refractivity contribution in [2.45, 2.75) is 96.9 Å². The van der Waals surface area contributed by atoms with E-state index in [0.29, 0.717) is 97.1 Å². The molecular formula is C30H51FeN3O9. The summed E-state index contributed by atoms with van der Waals surface area (Å²) in [7, 11) is 0. The van der Waals surface area contributed by atoms with Crippen LogP contribution in [0.15, 0.2) is 35.5 Å². The molecule has 6 N–H and O–H groups in total. The summed E-state index contributed by atoms with van der Waals surface area (Å²) in [6.07, 6.45) is 8.17. The van der Waals surface area contributed by atoms with Crippen LogP contribution < -0.4 is 0 Å². The van der Waals surface area contributed by atoms with Gasteiger partial charge in [-0.25, -0.2) is 0 Å². The van der Waals surface area contributed by atoms with Gasteiger partial charge in [-0.05, 0) is 38.5 Å². The van der Waals surface area contributed by atoms with Crippen LogP contribution in [0.1, 0.15) is 78.6 Å². The molecule has 3 amide bonds. The molecule has 12 nitrogen and oxygen atoms in total. The Balaban J connectivity index is 0.000000608. The first-order valence-electron chi connectivity index (χ1n) is 15.0. The molecule has 3 rings (SSSR count). The summed E-state index contributed by atoms with van der Waals surface area (Å²) >= 11 is 0. The summed E-state index contributed by atoms with van der Waals surface area (Å²) in [4.78, 5) is 39.4. The molecule has 0 aliphatic carbocycles. The molecule has 0 radical (unpaired) electrons. The van der Waals surface area contributed by atoms with Crippen molar-refractivity contribution < 1.29 is 62.1 Å². The Morgan fingerprint density at radius 2 is 0.698 bits per heavy atom. The molecule has 43 heavy (non-hydrogen) atoms. The zero-order valence-electron chi connectivity index (χ0n) is 25.7. The number of likely N-dealkylation sites (tertiary alicyclic amines) is 3. The van der Waals surface area contributed by atoms with Gasteiger partial charge in [0.25, 0.3) is 0 Å². The minimum absolute atomic E-state index is 0. The Bertz CT molecular complexity index is 814. The van der Waals surface area contributed by atoms with Gasteiger partial charge in [-0.15, -0.1) is 0 Å². The number of nitrogens with zero attached hydrogens (tertiary/aromatic N) is 3. The quantitative estimate of drug-likeness (QED) is 0.143. The van der Waals surface area contributed by atoms with Gasteiger partial charge in [-0.1, -0.05) is 20.8 Å². The van der Waals surface area contributed by atoms with E-state index in [4.69, 9.17) is 0 Å². The molecular weight excluding hydrogens is 602 g/mol. The zero-order chi connectivity index (χ0) is 31.7. The number of aliphatic hydroxyl groups is 6. The minimum atomic E-state index is -0.275. The maximum absolute atomic E-state index is 11.5. The first-order valence-corrected chi connectivity index (χ1v) is 15.0. The molecule has 0 bridgehead atoms. The van der Waals surface area contributed by atoms with Gasteiger partial charge in [0.2, 0.25) is 17.7 Å². The molecule has 0 atom stereocenters. The number of carbonyl (C=O) groups is 3. The van der Waals surface area contributed by atoms with E-state index in [9.17, 15) is 45.0 Å². The molecule has 248 valence electrons. The molecule has 0 aromatic rings. The number of allylic oxidation sites excluding steroid dienone is 3. The van der Waals surface area contributed by atoms with Crippen LogP contribution in [0.2, 0.25) is 0 Å². The topological polar surface area (TPSA) is 182 Å². The van der Waals surface area contributed by atoms with E-state index in [1.807, 2.05) is 0 Å². The molecule has 0 unspecified atom stereocenters. The molecule has 3 fully saturated rings. The average molecular weight is 654 g/mol. The first kappa shape index (κ1) is 40.4. The van der Waals surface area contributed by atoms with E-state index in [-0.39, 0.29) is 70.4 Å². The fourth-order valence-electron chi connectivity index (χ4n) is 4.27. The van der Waals surface area contributed by atoms with E-state index in [1.165, 1.54) is 18.2 Å². The number of hydrogen-bond donors (Lipinski definition) is 6. The maximum atomic E-state index is 11.5. The van der Waals surface area contributed by atoms with Gasteiger partial charge in [-0.3, -0.25) is 14.4 Å². The second-order valence-corrected chi connectivity index (χ2v) is 10.6. The molecule has 13 heteroatoms. The van der Waals surface area contributed by atoms with E-state index in [1.54, 1.807) is 35.5 Å². The molecule has 3 saturated heterocycles. The van der Waals surface area contributed by atoms with E-state index < -0.39 is 0 Å². The number of amides is 3. The molecule has 3 aliphatic rings. The van der Waals surface area contributed by atoms with Crippen LogP contribution in [0.5, 0.6) is 0 Å². The number of piperidine rings is 3. The van der Waals surface area contributed by atoms with Crippen LogP contribution in [-0.4, -0.2) is 121 Å². The van der Waals surface area contributed by atoms with Crippen LogP contribution >= 0.6 is 0 Å². The monoisotopic (exact) mass is 653 g/mol. The molecule has 0 aromatic heterocycles. The summed E-state index contributed by atoms with van der Waals surface area (Å²) in [6, 6.07) is 0. The van der Waals surface area contributed by atoms with Crippen molar-refractivity contribution in [3.8, 4) is 0 Å². The zero-order valence-corrected chi connectivity index (χ0v) is 26.8. The van der Waals surface area contributed by atoms with Crippen molar-refractivity contribution in [2.24, 2.45) is 0 Å². The Labute approximate surface area is 265 Å². The van der Waals surface area contributed by atoms with E-state index in [0.717, 1.165) is 0 Å². The van der Waals surface area contributed by atoms with Crippen LogP contribution in [0.25, 0.3) is 0 Å². The van der Waals surface area contributed by atoms with Crippen LogP contribution in [0, 0.1) is 0 Å². The molecule has 3 heterocycles. The Morgan fingerprint density at radius 3 is 0.860 bits per heavy atom. The average Bonchev–Trinajstić information content (AvgIpc) is 2.98. The van der Waals surface area contributed by atoms with Crippen LogP contribution in [0.4, 0.5) is 0 Å². The van der Waals surface area contributed by atoms with Gasteiger partial charge in [-0.2, -0.15) is 0 Å². The third-order valence-electron chi connectivity index (χ3n) is 7.29. The summed E-state index contributed by atoms with van der Waals surface area (Å²) < 4.78 is 0. The van der Waals surface area contributed by atoms with Crippen molar-refractivity contribution in [3.63, 3.8) is 0 Å². The molecule has 0 spiro atoms. The van der Waals surface area contributed by atoms with E-state index in [2.05, 4.69) is 0 Å². The molecule has 0 saturated carbocycles. The number of rotatable bonds is 6. The third-order valence-corrected chi connectivity index (χ3v) is 7.29. The maximum Gasteiger partial charge on any atom is 0.249 e. The fourth-order valence-corrected chi connectivity index (χ4v) is 4.27. The van der Waals surface area contributed by atoms with Gasteiger partial charge in [0, 0.05) is 93.8 Å². The summed E-state index contributed by atoms with van der Waals surface area (Å²) in [5.74, 6) is -0.132. The smallest absolute Gasteiger partial charge is 0.249 e. The fraction of sp³-hybridized carbons (Fsp3) is 0.700. The standard InChI is InChI=1S/3C10H17NO3.Fe/c3*1-2-8(12)7-10(14)11-5-3-9(13)4-6-11;/h3*7,9,12-13H,2-6H2,1H3;. The summed E-state index contributed by atoms with van der Waals surface area (Å²) in [5, 5.41) is 55.2. The number of aliphatic hydroxyl groups excluding tert-OH is 6. The molecule has 3 aliphatic heterocycles. The van der Waals surface area contributed by atoms with Crippen molar-refractivity contribution >= 4 is 17.7 Å². The number of carbonyl (C=O) groups excluding carboxylic acids is 3. The Morgan fingerprint density at radius 1 is 0.512 bits per heavy atom. The van der Waals surface area contributed by atoms with Crippen molar-refractivity contribution in [1.29, 1.82) is 0 Å². The molecule has 0 aromatic carbocycles. The van der Waals surface area contributed by atoms with E-state index >= 15 is 0 Å². The van der Waals surface area contributed by atoms with Gasteiger partial charge in [0.15, 0.2) is 0 Å². The Hall–Kier alpha value is -2.57. The largest absolute Gasteiger partial charge is 0.512 e. The van der Waals surface area contributed by atoms with Gasteiger partial charge in [0.1, 0.15) is 0 Å². The second-order valence-electron chi connectivity index (χ2n) is 10.6. The second kappa shape index (κ2) is 22.0. The minimum Gasteiger partial charge on any atom is -0.512 e. The number of hydrogen-bond acceptors (Lipinski definition) is 9. The van der Waals surface area contributed by atoms with Gasteiger partial charge < -0.3 is 45.3 Å². The van der Waals surface area contributed by atoms with Gasteiger partial charge in [0.05, 0.1) is 35.6 Å². The third kappa shape index (κ3) is 16.7. The normalized spacial score (nSPS) is 19.4. The predicted octanol–water partition coefficient (Wildman–Crippen LogP) is 2.46. The first-order chi connectivity index (χ1) is 19.9. The Kier molecular flexibility index (Phi) is 20.7. The van der Waals surface area contributed by atoms with Crippen LogP contribution in [0.3, 0.4) is 0 Å². The summed E-state index contributed by atoms with van der Waals surface area (Å²) in [6.45, 7) is 8.83. The van der Waals surface area contributed by atoms with Crippen molar-refractivity contribution in [3.05, 3.63) is 35.5 Å².